The van der Waals surface area contributed by atoms with E-state index < -0.39 is 17.7 Å². The van der Waals surface area contributed by atoms with Crippen LogP contribution in [-0.4, -0.2) is 40.8 Å². The summed E-state index contributed by atoms with van der Waals surface area (Å²) in [6.07, 6.45) is -0.262. The molecule has 0 unspecified atom stereocenters. The molecule has 1 rings (SSSR count). The molecule has 2 atom stereocenters. The fraction of sp³-hybridized carbons (Fsp3) is 0.833. The van der Waals surface area contributed by atoms with Crippen LogP contribution in [0.5, 0.6) is 0 Å². The molecule has 0 saturated carbocycles. The first kappa shape index (κ1) is 15.1. The summed E-state index contributed by atoms with van der Waals surface area (Å²) in [7, 11) is 0. The highest BCUT2D eigenvalue weighted by Gasteiger charge is 2.30. The molecule has 0 aromatic heterocycles. The molecule has 0 spiro atoms. The number of carboxylic acids is 1. The van der Waals surface area contributed by atoms with Crippen LogP contribution in [0.15, 0.2) is 0 Å². The van der Waals surface area contributed by atoms with E-state index in [-0.39, 0.29) is 18.3 Å². The summed E-state index contributed by atoms with van der Waals surface area (Å²) in [5.74, 6) is 1.34. The van der Waals surface area contributed by atoms with Crippen molar-refractivity contribution in [3.8, 4) is 0 Å². The van der Waals surface area contributed by atoms with E-state index in [0.717, 1.165) is 11.5 Å². The van der Waals surface area contributed by atoms with Crippen LogP contribution in [0.25, 0.3) is 0 Å². The van der Waals surface area contributed by atoms with Crippen molar-refractivity contribution in [2.75, 3.05) is 18.1 Å². The Bertz CT molecular complexity index is 314. The van der Waals surface area contributed by atoms with Crippen LogP contribution in [0.2, 0.25) is 0 Å². The van der Waals surface area contributed by atoms with Crippen LogP contribution in [0.3, 0.4) is 0 Å². The average Bonchev–Trinajstić information content (AvgIpc) is 2.58. The van der Waals surface area contributed by atoms with Crippen molar-refractivity contribution in [3.05, 3.63) is 0 Å². The minimum Gasteiger partial charge on any atom is -0.481 e. The third-order valence-electron chi connectivity index (χ3n) is 2.67. The van der Waals surface area contributed by atoms with E-state index in [0.29, 0.717) is 6.54 Å². The standard InChI is InChI=1S/C12H21NO4S/c1-12(2,3)17-11(16)13-5-9-7-18-6-8(9)4-10(14)15/h8-9H,4-7H2,1-3H3,(H,13,16)(H,14,15)/t8-,9+/m0/s1. The molecule has 2 N–H and O–H groups in total. The summed E-state index contributed by atoms with van der Waals surface area (Å²) in [5, 5.41) is 11.5. The fourth-order valence-corrected chi connectivity index (χ4v) is 3.37. The minimum absolute atomic E-state index is 0.141. The zero-order valence-electron chi connectivity index (χ0n) is 11.1. The van der Waals surface area contributed by atoms with Gasteiger partial charge in [-0.05, 0) is 44.1 Å². The smallest absolute Gasteiger partial charge is 0.407 e. The number of alkyl carbamates (subject to hydrolysis) is 1. The van der Waals surface area contributed by atoms with Crippen LogP contribution in [0, 0.1) is 11.8 Å². The summed E-state index contributed by atoms with van der Waals surface area (Å²) in [4.78, 5) is 22.2. The number of carbonyl (C=O) groups is 2. The Hall–Kier alpha value is -0.910. The van der Waals surface area contributed by atoms with E-state index >= 15 is 0 Å². The monoisotopic (exact) mass is 275 g/mol. The van der Waals surface area contributed by atoms with Gasteiger partial charge in [0.05, 0.1) is 0 Å². The topological polar surface area (TPSA) is 75.6 Å². The van der Waals surface area contributed by atoms with Gasteiger partial charge in [0.15, 0.2) is 0 Å². The van der Waals surface area contributed by atoms with Crippen molar-refractivity contribution < 1.29 is 19.4 Å². The van der Waals surface area contributed by atoms with Gasteiger partial charge < -0.3 is 15.2 Å². The number of rotatable bonds is 4. The van der Waals surface area contributed by atoms with Gasteiger partial charge in [0.1, 0.15) is 5.60 Å². The maximum atomic E-state index is 11.5. The molecule has 1 amide bonds. The molecule has 1 heterocycles. The second kappa shape index (κ2) is 6.31. The van der Waals surface area contributed by atoms with Crippen LogP contribution in [0.1, 0.15) is 27.2 Å². The number of nitrogens with one attached hydrogen (secondary N) is 1. The summed E-state index contributed by atoms with van der Waals surface area (Å²) >= 11 is 1.74. The number of ether oxygens (including phenoxy) is 1. The number of amides is 1. The number of thioether (sulfide) groups is 1. The Morgan fingerprint density at radius 2 is 1.94 bits per heavy atom. The summed E-state index contributed by atoms with van der Waals surface area (Å²) < 4.78 is 5.14. The van der Waals surface area contributed by atoms with Crippen molar-refractivity contribution in [1.82, 2.24) is 5.32 Å². The average molecular weight is 275 g/mol. The second-order valence-corrected chi connectivity index (χ2v) is 6.61. The van der Waals surface area contributed by atoms with Gasteiger partial charge in [-0.25, -0.2) is 4.79 Å². The molecule has 104 valence electrons. The van der Waals surface area contributed by atoms with Crippen LogP contribution < -0.4 is 5.32 Å². The normalized spacial score (nSPS) is 23.7. The highest BCUT2D eigenvalue weighted by molar-refractivity contribution is 7.99. The maximum absolute atomic E-state index is 11.5. The molecule has 1 fully saturated rings. The van der Waals surface area contributed by atoms with E-state index in [1.807, 2.05) is 20.8 Å². The van der Waals surface area contributed by atoms with Crippen molar-refractivity contribution in [3.63, 3.8) is 0 Å². The Kier molecular flexibility index (Phi) is 5.31. The Balaban J connectivity index is 2.34. The van der Waals surface area contributed by atoms with Gasteiger partial charge in [0.25, 0.3) is 0 Å². The Morgan fingerprint density at radius 1 is 1.33 bits per heavy atom. The van der Waals surface area contributed by atoms with Crippen LogP contribution in [-0.2, 0) is 9.53 Å². The minimum atomic E-state index is -0.773. The third kappa shape index (κ3) is 5.62. The molecule has 0 aromatic rings. The van der Waals surface area contributed by atoms with E-state index in [4.69, 9.17) is 9.84 Å². The molecule has 1 aliphatic heterocycles. The van der Waals surface area contributed by atoms with Gasteiger partial charge in [-0.2, -0.15) is 11.8 Å². The first-order chi connectivity index (χ1) is 8.28. The summed E-state index contributed by atoms with van der Waals surface area (Å²) in [5.41, 5.74) is -0.505. The second-order valence-electron chi connectivity index (χ2n) is 5.54. The maximum Gasteiger partial charge on any atom is 0.407 e. The van der Waals surface area contributed by atoms with E-state index in [9.17, 15) is 9.59 Å². The van der Waals surface area contributed by atoms with Gasteiger partial charge in [-0.15, -0.1) is 0 Å². The quantitative estimate of drug-likeness (QED) is 0.820. The fourth-order valence-electron chi connectivity index (χ4n) is 1.85. The first-order valence-corrected chi connectivity index (χ1v) is 7.20. The van der Waals surface area contributed by atoms with Crippen molar-refractivity contribution in [2.45, 2.75) is 32.8 Å². The lowest BCUT2D eigenvalue weighted by Gasteiger charge is -2.22. The molecule has 18 heavy (non-hydrogen) atoms. The number of hydrogen-bond donors (Lipinski definition) is 2. The lowest BCUT2D eigenvalue weighted by molar-refractivity contribution is -0.138. The van der Waals surface area contributed by atoms with Gasteiger partial charge >= 0.3 is 12.1 Å². The van der Waals surface area contributed by atoms with Crippen molar-refractivity contribution in [2.24, 2.45) is 11.8 Å². The van der Waals surface area contributed by atoms with Crippen molar-refractivity contribution in [1.29, 1.82) is 0 Å². The summed E-state index contributed by atoms with van der Waals surface area (Å²) in [6.45, 7) is 5.92. The number of hydrogen-bond acceptors (Lipinski definition) is 4. The number of carbonyl (C=O) groups excluding carboxylic acids is 1. The van der Waals surface area contributed by atoms with Gasteiger partial charge in [0.2, 0.25) is 0 Å². The molecule has 1 saturated heterocycles. The lowest BCUT2D eigenvalue weighted by atomic mass is 9.93. The van der Waals surface area contributed by atoms with Crippen molar-refractivity contribution >= 4 is 23.8 Å². The van der Waals surface area contributed by atoms with Crippen LogP contribution >= 0.6 is 11.8 Å². The number of aliphatic carboxylic acids is 1. The first-order valence-electron chi connectivity index (χ1n) is 6.04. The molecule has 0 aliphatic carbocycles. The van der Waals surface area contributed by atoms with E-state index in [2.05, 4.69) is 5.32 Å². The van der Waals surface area contributed by atoms with Crippen LogP contribution in [0.4, 0.5) is 4.79 Å². The van der Waals surface area contributed by atoms with Gasteiger partial charge in [-0.1, -0.05) is 0 Å². The van der Waals surface area contributed by atoms with Gasteiger partial charge in [0, 0.05) is 13.0 Å². The zero-order valence-corrected chi connectivity index (χ0v) is 11.9. The Morgan fingerprint density at radius 3 is 2.50 bits per heavy atom. The summed E-state index contributed by atoms with van der Waals surface area (Å²) in [6, 6.07) is 0. The predicted octanol–water partition coefficient (Wildman–Crippen LogP) is 1.97. The predicted molar refractivity (Wildman–Crippen MR) is 70.8 cm³/mol. The Labute approximate surface area is 112 Å². The molecule has 0 aromatic carbocycles. The molecule has 1 aliphatic rings. The molecular weight excluding hydrogens is 254 g/mol. The molecule has 0 radical (unpaired) electrons. The van der Waals surface area contributed by atoms with Gasteiger partial charge in [-0.3, -0.25) is 4.79 Å². The molecule has 5 nitrogen and oxygen atoms in total. The highest BCUT2D eigenvalue weighted by Crippen LogP contribution is 2.31. The van der Waals surface area contributed by atoms with E-state index in [1.165, 1.54) is 0 Å². The molecular formula is C12H21NO4S. The largest absolute Gasteiger partial charge is 0.481 e. The third-order valence-corrected chi connectivity index (χ3v) is 4.00. The molecule has 0 bridgehead atoms. The molecule has 6 heteroatoms. The lowest BCUT2D eigenvalue weighted by Crippen LogP contribution is -2.37. The highest BCUT2D eigenvalue weighted by atomic mass is 32.2. The van der Waals surface area contributed by atoms with E-state index in [1.54, 1.807) is 11.8 Å². The SMILES string of the molecule is CC(C)(C)OC(=O)NC[C@@H]1CSC[C@@H]1CC(=O)O. The number of carboxylic acid groups (broad SMARTS) is 1. The zero-order chi connectivity index (χ0) is 13.8.